The van der Waals surface area contributed by atoms with Gasteiger partial charge in [0.15, 0.2) is 0 Å². The van der Waals surface area contributed by atoms with Crippen molar-refractivity contribution in [1.29, 1.82) is 0 Å². The van der Waals surface area contributed by atoms with Crippen LogP contribution >= 0.6 is 27.5 Å². The third kappa shape index (κ3) is 3.69. The number of hydrogen-bond donors (Lipinski definition) is 1. The zero-order valence-electron chi connectivity index (χ0n) is 10.00. The van der Waals surface area contributed by atoms with Crippen LogP contribution in [0.4, 0.5) is 4.39 Å². The second kappa shape index (κ2) is 6.37. The van der Waals surface area contributed by atoms with Crippen molar-refractivity contribution in [1.82, 2.24) is 0 Å². The van der Waals surface area contributed by atoms with E-state index < -0.39 is 0 Å². The lowest BCUT2D eigenvalue weighted by Gasteiger charge is -2.09. The van der Waals surface area contributed by atoms with Gasteiger partial charge in [0, 0.05) is 0 Å². The van der Waals surface area contributed by atoms with E-state index >= 15 is 0 Å². The standard InChI is InChI=1S/C14H12BrClFNO/c15-11-8-10(2-3-13(11)17)19-14-4-1-9(5-6-18)7-12(14)16/h1-4,7-8H,5-6,18H2. The number of rotatable bonds is 4. The van der Waals surface area contributed by atoms with Crippen molar-refractivity contribution in [3.63, 3.8) is 0 Å². The van der Waals surface area contributed by atoms with E-state index in [1.807, 2.05) is 12.1 Å². The molecule has 0 aliphatic rings. The molecule has 19 heavy (non-hydrogen) atoms. The number of hydrogen-bond acceptors (Lipinski definition) is 2. The summed E-state index contributed by atoms with van der Waals surface area (Å²) < 4.78 is 19.1. The first-order valence-corrected chi connectivity index (χ1v) is 6.88. The van der Waals surface area contributed by atoms with E-state index in [1.165, 1.54) is 6.07 Å². The lowest BCUT2D eigenvalue weighted by atomic mass is 10.1. The predicted molar refractivity (Wildman–Crippen MR) is 78.4 cm³/mol. The van der Waals surface area contributed by atoms with Crippen molar-refractivity contribution in [2.45, 2.75) is 6.42 Å². The van der Waals surface area contributed by atoms with E-state index in [9.17, 15) is 4.39 Å². The SMILES string of the molecule is NCCc1ccc(Oc2ccc(F)c(Br)c2)c(Cl)c1. The fourth-order valence-electron chi connectivity index (χ4n) is 1.62. The van der Waals surface area contributed by atoms with E-state index in [0.717, 1.165) is 12.0 Å². The Morgan fingerprint density at radius 1 is 1.21 bits per heavy atom. The van der Waals surface area contributed by atoms with Gasteiger partial charge in [-0.3, -0.25) is 0 Å². The molecule has 0 radical (unpaired) electrons. The third-order valence-corrected chi connectivity index (χ3v) is 3.45. The van der Waals surface area contributed by atoms with E-state index in [4.69, 9.17) is 22.1 Å². The molecule has 2 aromatic rings. The molecule has 0 aliphatic carbocycles. The number of halogens is 3. The number of ether oxygens (including phenoxy) is 1. The second-order valence-electron chi connectivity index (χ2n) is 3.98. The summed E-state index contributed by atoms with van der Waals surface area (Å²) in [5.41, 5.74) is 6.54. The molecule has 2 aromatic carbocycles. The Morgan fingerprint density at radius 2 is 2.00 bits per heavy atom. The Morgan fingerprint density at radius 3 is 2.63 bits per heavy atom. The summed E-state index contributed by atoms with van der Waals surface area (Å²) in [5, 5.41) is 0.506. The van der Waals surface area contributed by atoms with Gasteiger partial charge in [0.25, 0.3) is 0 Å². The average Bonchev–Trinajstić information content (AvgIpc) is 2.37. The van der Waals surface area contributed by atoms with Crippen LogP contribution in [-0.4, -0.2) is 6.54 Å². The average molecular weight is 345 g/mol. The summed E-state index contributed by atoms with van der Waals surface area (Å²) in [6, 6.07) is 9.94. The highest BCUT2D eigenvalue weighted by molar-refractivity contribution is 9.10. The summed E-state index contributed by atoms with van der Waals surface area (Å²) in [7, 11) is 0. The van der Waals surface area contributed by atoms with E-state index in [1.54, 1.807) is 18.2 Å². The van der Waals surface area contributed by atoms with Crippen LogP contribution in [0.3, 0.4) is 0 Å². The molecule has 0 spiro atoms. The van der Waals surface area contributed by atoms with Crippen LogP contribution in [0.1, 0.15) is 5.56 Å². The first-order valence-electron chi connectivity index (χ1n) is 5.71. The van der Waals surface area contributed by atoms with Gasteiger partial charge < -0.3 is 10.5 Å². The molecule has 0 saturated carbocycles. The van der Waals surface area contributed by atoms with Crippen LogP contribution in [-0.2, 0) is 6.42 Å². The molecule has 0 bridgehead atoms. The fourth-order valence-corrected chi connectivity index (χ4v) is 2.22. The van der Waals surface area contributed by atoms with Gasteiger partial charge in [0.1, 0.15) is 17.3 Å². The Kier molecular flexibility index (Phi) is 4.80. The molecule has 100 valence electrons. The quantitative estimate of drug-likeness (QED) is 0.884. The van der Waals surface area contributed by atoms with E-state index in [0.29, 0.717) is 27.5 Å². The van der Waals surface area contributed by atoms with Crippen LogP contribution in [0.2, 0.25) is 5.02 Å². The maximum Gasteiger partial charge on any atom is 0.146 e. The summed E-state index contributed by atoms with van der Waals surface area (Å²) in [6.45, 7) is 0.571. The Bertz CT molecular complexity index is 592. The smallest absolute Gasteiger partial charge is 0.146 e. The van der Waals surface area contributed by atoms with Gasteiger partial charge >= 0.3 is 0 Å². The highest BCUT2D eigenvalue weighted by atomic mass is 79.9. The second-order valence-corrected chi connectivity index (χ2v) is 5.24. The van der Waals surface area contributed by atoms with Gasteiger partial charge in [0.05, 0.1) is 9.50 Å². The highest BCUT2D eigenvalue weighted by Gasteiger charge is 2.06. The van der Waals surface area contributed by atoms with Crippen molar-refractivity contribution in [3.8, 4) is 11.5 Å². The molecule has 2 N–H and O–H groups in total. The molecule has 0 aliphatic heterocycles. The van der Waals surface area contributed by atoms with Gasteiger partial charge in [-0.2, -0.15) is 0 Å². The van der Waals surface area contributed by atoms with Crippen LogP contribution in [0.15, 0.2) is 40.9 Å². The fraction of sp³-hybridized carbons (Fsp3) is 0.143. The molecular formula is C14H12BrClFNO. The molecule has 2 rings (SSSR count). The Labute approximate surface area is 124 Å². The number of benzene rings is 2. The van der Waals surface area contributed by atoms with Crippen molar-refractivity contribution in [2.75, 3.05) is 6.54 Å². The first-order chi connectivity index (χ1) is 9.10. The minimum atomic E-state index is -0.336. The Balaban J connectivity index is 2.20. The van der Waals surface area contributed by atoms with Crippen LogP contribution in [0.5, 0.6) is 11.5 Å². The molecule has 0 heterocycles. The van der Waals surface area contributed by atoms with Gasteiger partial charge in [0.2, 0.25) is 0 Å². The maximum absolute atomic E-state index is 13.1. The molecule has 0 amide bonds. The zero-order valence-corrected chi connectivity index (χ0v) is 12.3. The van der Waals surface area contributed by atoms with Crippen molar-refractivity contribution in [2.24, 2.45) is 5.73 Å². The molecule has 2 nitrogen and oxygen atoms in total. The topological polar surface area (TPSA) is 35.2 Å². The molecule has 0 atom stereocenters. The first kappa shape index (κ1) is 14.3. The lowest BCUT2D eigenvalue weighted by molar-refractivity contribution is 0.480. The molecule has 0 aromatic heterocycles. The zero-order chi connectivity index (χ0) is 13.8. The normalized spacial score (nSPS) is 10.5. The van der Waals surface area contributed by atoms with Gasteiger partial charge in [-0.1, -0.05) is 17.7 Å². The minimum Gasteiger partial charge on any atom is -0.456 e. The van der Waals surface area contributed by atoms with E-state index in [2.05, 4.69) is 15.9 Å². The van der Waals surface area contributed by atoms with Crippen molar-refractivity contribution in [3.05, 3.63) is 57.3 Å². The summed E-state index contributed by atoms with van der Waals surface area (Å²) in [6.07, 6.45) is 0.766. The van der Waals surface area contributed by atoms with Gasteiger partial charge in [-0.15, -0.1) is 0 Å². The Hall–Kier alpha value is -1.10. The van der Waals surface area contributed by atoms with Gasteiger partial charge in [-0.25, -0.2) is 4.39 Å². The summed E-state index contributed by atoms with van der Waals surface area (Å²) in [4.78, 5) is 0. The summed E-state index contributed by atoms with van der Waals surface area (Å²) >= 11 is 9.24. The van der Waals surface area contributed by atoms with Crippen LogP contribution in [0.25, 0.3) is 0 Å². The minimum absolute atomic E-state index is 0.336. The highest BCUT2D eigenvalue weighted by Crippen LogP contribution is 2.32. The van der Waals surface area contributed by atoms with Crippen molar-refractivity contribution >= 4 is 27.5 Å². The summed E-state index contributed by atoms with van der Waals surface area (Å²) in [5.74, 6) is 0.708. The van der Waals surface area contributed by atoms with Crippen molar-refractivity contribution < 1.29 is 9.13 Å². The predicted octanol–water partition coefficient (Wildman–Crippen LogP) is 4.54. The monoisotopic (exact) mass is 343 g/mol. The third-order valence-electron chi connectivity index (χ3n) is 2.55. The van der Waals surface area contributed by atoms with E-state index in [-0.39, 0.29) is 5.82 Å². The lowest BCUT2D eigenvalue weighted by Crippen LogP contribution is -2.02. The largest absolute Gasteiger partial charge is 0.456 e. The molecular weight excluding hydrogens is 333 g/mol. The van der Waals surface area contributed by atoms with Crippen LogP contribution in [0, 0.1) is 5.82 Å². The van der Waals surface area contributed by atoms with Gasteiger partial charge in [-0.05, 0) is 64.8 Å². The number of nitrogens with two attached hydrogens (primary N) is 1. The molecule has 0 saturated heterocycles. The molecule has 0 fully saturated rings. The maximum atomic E-state index is 13.1. The molecule has 0 unspecified atom stereocenters. The van der Waals surface area contributed by atoms with Crippen LogP contribution < -0.4 is 10.5 Å². The molecule has 5 heteroatoms.